The van der Waals surface area contributed by atoms with Gasteiger partial charge in [0.25, 0.3) is 0 Å². The number of hydrogen-bond donors (Lipinski definition) is 0. The van der Waals surface area contributed by atoms with Crippen molar-refractivity contribution in [3.05, 3.63) is 33.8 Å². The van der Waals surface area contributed by atoms with Crippen molar-refractivity contribution in [2.45, 2.75) is 26.3 Å². The molecule has 1 aromatic carbocycles. The zero-order chi connectivity index (χ0) is 13.5. The molecule has 0 bridgehead atoms. The number of rotatable bonds is 5. The summed E-state index contributed by atoms with van der Waals surface area (Å²) >= 11 is 11.9. The van der Waals surface area contributed by atoms with Crippen molar-refractivity contribution >= 4 is 29.1 Å². The lowest BCUT2D eigenvalue weighted by Crippen LogP contribution is -2.30. The average molecular weight is 285 g/mol. The molecule has 96 valence electrons. The third kappa shape index (κ3) is 4.21. The normalized spacial score (nSPS) is 9.89. The number of amides is 1. The van der Waals surface area contributed by atoms with E-state index in [9.17, 15) is 4.79 Å². The van der Waals surface area contributed by atoms with E-state index in [2.05, 4.69) is 0 Å². The molecule has 0 N–H and O–H groups in total. The molecule has 0 spiro atoms. The van der Waals surface area contributed by atoms with Crippen LogP contribution in [-0.2, 0) is 11.3 Å². The van der Waals surface area contributed by atoms with E-state index in [1.54, 1.807) is 30.0 Å². The van der Waals surface area contributed by atoms with E-state index in [4.69, 9.17) is 28.5 Å². The smallest absolute Gasteiger partial charge is 0.222 e. The first-order chi connectivity index (χ1) is 8.58. The first-order valence-electron chi connectivity index (χ1n) is 5.67. The molecular formula is C13H14Cl2N2O. The minimum absolute atomic E-state index is 0.0104. The maximum absolute atomic E-state index is 11.7. The Bertz CT molecular complexity index is 469. The van der Waals surface area contributed by atoms with Crippen LogP contribution in [-0.4, -0.2) is 17.4 Å². The Kier molecular flexibility index (Phi) is 5.97. The highest BCUT2D eigenvalue weighted by molar-refractivity contribution is 6.35. The second-order valence-corrected chi connectivity index (χ2v) is 4.66. The predicted octanol–water partition coefficient (Wildman–Crippen LogP) is 3.65. The van der Waals surface area contributed by atoms with Gasteiger partial charge >= 0.3 is 0 Å². The zero-order valence-electron chi connectivity index (χ0n) is 10.1. The van der Waals surface area contributed by atoms with Gasteiger partial charge in [0.05, 0.1) is 12.5 Å². The van der Waals surface area contributed by atoms with Crippen molar-refractivity contribution in [2.24, 2.45) is 0 Å². The summed E-state index contributed by atoms with van der Waals surface area (Å²) in [5.74, 6) is 0.0104. The summed E-state index contributed by atoms with van der Waals surface area (Å²) in [6.07, 6.45) is 0.730. The standard InChI is InChI=1S/C13H14Cl2N2O/c1-2-13(18)17(7-3-6-16)9-10-4-5-11(14)8-12(10)15/h4-5,8H,2-3,7,9H2,1H3. The summed E-state index contributed by atoms with van der Waals surface area (Å²) in [6.45, 7) is 2.62. The zero-order valence-corrected chi connectivity index (χ0v) is 11.6. The first-order valence-corrected chi connectivity index (χ1v) is 6.42. The van der Waals surface area contributed by atoms with Crippen LogP contribution in [0.1, 0.15) is 25.3 Å². The van der Waals surface area contributed by atoms with Crippen LogP contribution in [0.2, 0.25) is 10.0 Å². The Hall–Kier alpha value is -1.24. The van der Waals surface area contributed by atoms with Crippen LogP contribution >= 0.6 is 23.2 Å². The highest BCUT2D eigenvalue weighted by atomic mass is 35.5. The fraction of sp³-hybridized carbons (Fsp3) is 0.385. The van der Waals surface area contributed by atoms with Crippen LogP contribution in [0.4, 0.5) is 0 Å². The molecule has 0 aromatic heterocycles. The summed E-state index contributed by atoms with van der Waals surface area (Å²) in [4.78, 5) is 13.4. The molecule has 0 radical (unpaired) electrons. The first kappa shape index (κ1) is 14.8. The van der Waals surface area contributed by atoms with E-state index in [1.807, 2.05) is 6.07 Å². The molecule has 0 aliphatic carbocycles. The second-order valence-electron chi connectivity index (χ2n) is 3.81. The molecule has 5 heteroatoms. The van der Waals surface area contributed by atoms with E-state index in [0.29, 0.717) is 36.0 Å². The molecule has 0 unspecified atom stereocenters. The van der Waals surface area contributed by atoms with Gasteiger partial charge in [-0.05, 0) is 17.7 Å². The van der Waals surface area contributed by atoms with Gasteiger partial charge in [-0.3, -0.25) is 4.79 Å². The van der Waals surface area contributed by atoms with Gasteiger partial charge in [0.2, 0.25) is 5.91 Å². The van der Waals surface area contributed by atoms with E-state index >= 15 is 0 Å². The number of carbonyl (C=O) groups is 1. The maximum Gasteiger partial charge on any atom is 0.222 e. The van der Waals surface area contributed by atoms with Gasteiger partial charge in [0, 0.05) is 29.6 Å². The van der Waals surface area contributed by atoms with Crippen LogP contribution < -0.4 is 0 Å². The second kappa shape index (κ2) is 7.25. The largest absolute Gasteiger partial charge is 0.337 e. The third-order valence-corrected chi connectivity index (χ3v) is 3.11. The Morgan fingerprint density at radius 3 is 2.72 bits per heavy atom. The van der Waals surface area contributed by atoms with Crippen LogP contribution in [0.15, 0.2) is 18.2 Å². The number of carbonyl (C=O) groups excluding carboxylic acids is 1. The SMILES string of the molecule is CCC(=O)N(CCC#N)Cc1ccc(Cl)cc1Cl. The molecule has 1 rings (SSSR count). The van der Waals surface area contributed by atoms with Crippen molar-refractivity contribution in [1.82, 2.24) is 4.90 Å². The fourth-order valence-corrected chi connectivity index (χ4v) is 2.02. The van der Waals surface area contributed by atoms with Gasteiger partial charge in [-0.2, -0.15) is 5.26 Å². The molecule has 0 saturated carbocycles. The van der Waals surface area contributed by atoms with E-state index < -0.39 is 0 Å². The average Bonchev–Trinajstić information content (AvgIpc) is 2.36. The highest BCUT2D eigenvalue weighted by Gasteiger charge is 2.13. The summed E-state index contributed by atoms with van der Waals surface area (Å²) in [5, 5.41) is 9.69. The number of hydrogen-bond acceptors (Lipinski definition) is 2. The van der Waals surface area contributed by atoms with Gasteiger partial charge in [-0.25, -0.2) is 0 Å². The monoisotopic (exact) mass is 284 g/mol. The summed E-state index contributed by atoms with van der Waals surface area (Å²) < 4.78 is 0. The Morgan fingerprint density at radius 2 is 2.17 bits per heavy atom. The number of halogens is 2. The number of nitriles is 1. The lowest BCUT2D eigenvalue weighted by Gasteiger charge is -2.21. The van der Waals surface area contributed by atoms with Crippen LogP contribution in [0.25, 0.3) is 0 Å². The van der Waals surface area contributed by atoms with Gasteiger partial charge in [-0.1, -0.05) is 36.2 Å². The van der Waals surface area contributed by atoms with Gasteiger partial charge in [-0.15, -0.1) is 0 Å². The van der Waals surface area contributed by atoms with Gasteiger partial charge < -0.3 is 4.90 Å². The molecule has 18 heavy (non-hydrogen) atoms. The lowest BCUT2D eigenvalue weighted by molar-refractivity contribution is -0.131. The van der Waals surface area contributed by atoms with Crippen LogP contribution in [0.3, 0.4) is 0 Å². The van der Waals surface area contributed by atoms with E-state index in [-0.39, 0.29) is 5.91 Å². The fourth-order valence-electron chi connectivity index (χ4n) is 1.56. The van der Waals surface area contributed by atoms with Crippen molar-refractivity contribution in [3.8, 4) is 6.07 Å². The summed E-state index contributed by atoms with van der Waals surface area (Å²) in [5.41, 5.74) is 0.834. The predicted molar refractivity (Wildman–Crippen MR) is 72.4 cm³/mol. The molecule has 1 aromatic rings. The van der Waals surface area contributed by atoms with Crippen molar-refractivity contribution < 1.29 is 4.79 Å². The number of nitrogens with zero attached hydrogens (tertiary/aromatic N) is 2. The molecule has 0 aliphatic rings. The summed E-state index contributed by atoms with van der Waals surface area (Å²) in [7, 11) is 0. The molecular weight excluding hydrogens is 271 g/mol. The van der Waals surface area contributed by atoms with Gasteiger partial charge in [0.1, 0.15) is 0 Å². The van der Waals surface area contributed by atoms with Crippen molar-refractivity contribution in [2.75, 3.05) is 6.54 Å². The summed E-state index contributed by atoms with van der Waals surface area (Å²) in [6, 6.07) is 7.23. The Labute approximate surface area is 117 Å². The van der Waals surface area contributed by atoms with E-state index in [1.165, 1.54) is 0 Å². The molecule has 0 heterocycles. The van der Waals surface area contributed by atoms with Crippen molar-refractivity contribution in [3.63, 3.8) is 0 Å². The molecule has 3 nitrogen and oxygen atoms in total. The number of benzene rings is 1. The molecule has 0 fully saturated rings. The lowest BCUT2D eigenvalue weighted by atomic mass is 10.2. The molecule has 1 amide bonds. The van der Waals surface area contributed by atoms with Crippen LogP contribution in [0, 0.1) is 11.3 Å². The Balaban J connectivity index is 2.82. The van der Waals surface area contributed by atoms with Crippen molar-refractivity contribution in [1.29, 1.82) is 5.26 Å². The minimum Gasteiger partial charge on any atom is -0.337 e. The third-order valence-electron chi connectivity index (χ3n) is 2.52. The topological polar surface area (TPSA) is 44.1 Å². The minimum atomic E-state index is 0.0104. The quantitative estimate of drug-likeness (QED) is 0.828. The molecule has 0 atom stereocenters. The van der Waals surface area contributed by atoms with Gasteiger partial charge in [0.15, 0.2) is 0 Å². The highest BCUT2D eigenvalue weighted by Crippen LogP contribution is 2.22. The maximum atomic E-state index is 11.7. The Morgan fingerprint density at radius 1 is 1.44 bits per heavy atom. The molecule has 0 saturated heterocycles. The molecule has 0 aliphatic heterocycles. The van der Waals surface area contributed by atoms with E-state index in [0.717, 1.165) is 5.56 Å². The van der Waals surface area contributed by atoms with Crippen LogP contribution in [0.5, 0.6) is 0 Å².